The van der Waals surface area contributed by atoms with Crippen LogP contribution < -0.4 is 0 Å². The van der Waals surface area contributed by atoms with Crippen LogP contribution in [0.5, 0.6) is 0 Å². The van der Waals surface area contributed by atoms with Crippen molar-refractivity contribution in [3.05, 3.63) is 35.9 Å². The summed E-state index contributed by atoms with van der Waals surface area (Å²) in [6.45, 7) is 0. The van der Waals surface area contributed by atoms with Gasteiger partial charge >= 0.3 is 0 Å². The van der Waals surface area contributed by atoms with Gasteiger partial charge in [0.15, 0.2) is 0 Å². The Morgan fingerprint density at radius 1 is 0.810 bits per heavy atom. The van der Waals surface area contributed by atoms with Crippen LogP contribution in [0.2, 0.25) is 0 Å². The molecule has 0 atom stereocenters. The van der Waals surface area contributed by atoms with Gasteiger partial charge < -0.3 is 4.90 Å². The Labute approximate surface area is 127 Å². The average molecular weight is 283 g/mol. The number of rotatable bonds is 2. The first-order valence-electron chi connectivity index (χ1n) is 8.70. The second-order valence-corrected chi connectivity index (χ2v) is 7.17. The summed E-state index contributed by atoms with van der Waals surface area (Å²) in [5, 5.41) is 0. The zero-order chi connectivity index (χ0) is 14.2. The fourth-order valence-corrected chi connectivity index (χ4v) is 4.88. The maximum Gasteiger partial charge on any atom is 0.226 e. The third-order valence-corrected chi connectivity index (χ3v) is 6.05. The van der Waals surface area contributed by atoms with E-state index in [9.17, 15) is 4.79 Å². The predicted octanol–water partition coefficient (Wildman–Crippen LogP) is 4.11. The van der Waals surface area contributed by atoms with E-state index >= 15 is 0 Å². The summed E-state index contributed by atoms with van der Waals surface area (Å²) in [4.78, 5) is 15.1. The van der Waals surface area contributed by atoms with Crippen LogP contribution in [0.15, 0.2) is 30.3 Å². The molecule has 2 aliphatic heterocycles. The summed E-state index contributed by atoms with van der Waals surface area (Å²) in [6.07, 6.45) is 9.59. The quantitative estimate of drug-likeness (QED) is 0.799. The minimum Gasteiger partial charge on any atom is -0.336 e. The van der Waals surface area contributed by atoms with Gasteiger partial charge in [-0.2, -0.15) is 0 Å². The lowest BCUT2D eigenvalue weighted by atomic mass is 9.78. The fraction of sp³-hybridized carbons (Fsp3) is 0.632. The highest BCUT2D eigenvalue weighted by molar-refractivity contribution is 5.80. The van der Waals surface area contributed by atoms with Gasteiger partial charge in [-0.3, -0.25) is 4.79 Å². The van der Waals surface area contributed by atoms with E-state index in [2.05, 4.69) is 35.2 Å². The van der Waals surface area contributed by atoms with Gasteiger partial charge in [-0.05, 0) is 62.8 Å². The number of hydrogen-bond acceptors (Lipinski definition) is 1. The number of carbonyl (C=O) groups is 1. The number of benzene rings is 1. The van der Waals surface area contributed by atoms with Crippen molar-refractivity contribution in [1.82, 2.24) is 4.90 Å². The van der Waals surface area contributed by atoms with Crippen LogP contribution in [-0.4, -0.2) is 22.9 Å². The molecule has 1 aromatic carbocycles. The molecular formula is C19H25NO. The molecule has 0 unspecified atom stereocenters. The normalized spacial score (nSPS) is 35.1. The molecule has 1 aliphatic carbocycles. The molecule has 2 bridgehead atoms. The summed E-state index contributed by atoms with van der Waals surface area (Å²) >= 11 is 0. The molecule has 21 heavy (non-hydrogen) atoms. The highest BCUT2D eigenvalue weighted by Crippen LogP contribution is 2.42. The number of fused-ring (bicyclic) bond motifs is 2. The summed E-state index contributed by atoms with van der Waals surface area (Å²) in [7, 11) is 0. The first-order chi connectivity index (χ1) is 10.3. The van der Waals surface area contributed by atoms with E-state index in [1.165, 1.54) is 44.1 Å². The summed E-state index contributed by atoms with van der Waals surface area (Å²) in [5.41, 5.74) is 1.46. The van der Waals surface area contributed by atoms with Crippen molar-refractivity contribution in [2.45, 2.75) is 69.4 Å². The molecule has 2 saturated heterocycles. The van der Waals surface area contributed by atoms with E-state index in [0.717, 1.165) is 12.8 Å². The van der Waals surface area contributed by atoms with Gasteiger partial charge in [0.25, 0.3) is 0 Å². The Hall–Kier alpha value is -1.31. The zero-order valence-corrected chi connectivity index (χ0v) is 12.7. The summed E-state index contributed by atoms with van der Waals surface area (Å²) in [5.74, 6) is 1.48. The SMILES string of the molecule is O=C(C1CCC(c2ccccc2)CC1)N1C2CCC1CC2. The molecule has 0 radical (unpaired) electrons. The molecule has 0 N–H and O–H groups in total. The molecule has 1 saturated carbocycles. The Morgan fingerprint density at radius 2 is 1.38 bits per heavy atom. The predicted molar refractivity (Wildman–Crippen MR) is 84.0 cm³/mol. The van der Waals surface area contributed by atoms with Gasteiger partial charge in [-0.25, -0.2) is 0 Å². The third kappa shape index (κ3) is 2.39. The lowest BCUT2D eigenvalue weighted by Crippen LogP contribution is -2.40. The summed E-state index contributed by atoms with van der Waals surface area (Å²) in [6, 6.07) is 12.0. The lowest BCUT2D eigenvalue weighted by molar-refractivity contribution is -0.137. The molecule has 112 valence electrons. The Bertz CT molecular complexity index is 484. The molecule has 2 heterocycles. The number of carbonyl (C=O) groups excluding carboxylic acids is 1. The highest BCUT2D eigenvalue weighted by Gasteiger charge is 2.44. The van der Waals surface area contributed by atoms with Gasteiger partial charge in [0.1, 0.15) is 0 Å². The smallest absolute Gasteiger partial charge is 0.226 e. The minimum absolute atomic E-state index is 0.311. The largest absolute Gasteiger partial charge is 0.336 e. The number of nitrogens with zero attached hydrogens (tertiary/aromatic N) is 1. The Balaban J connectivity index is 1.38. The van der Waals surface area contributed by atoms with Gasteiger partial charge in [-0.15, -0.1) is 0 Å². The fourth-order valence-electron chi connectivity index (χ4n) is 4.88. The van der Waals surface area contributed by atoms with Crippen LogP contribution in [0.1, 0.15) is 62.8 Å². The first kappa shape index (κ1) is 13.4. The Morgan fingerprint density at radius 3 is 1.95 bits per heavy atom. The molecule has 0 aromatic heterocycles. The maximum atomic E-state index is 12.8. The molecule has 1 aromatic rings. The monoisotopic (exact) mass is 283 g/mol. The number of amides is 1. The standard InChI is InChI=1S/C19H25NO/c21-19(20-17-10-11-18(20)13-12-17)16-8-6-15(7-9-16)14-4-2-1-3-5-14/h1-5,15-18H,6-13H2. The van der Waals surface area contributed by atoms with Gasteiger partial charge in [0.2, 0.25) is 5.91 Å². The molecular weight excluding hydrogens is 258 g/mol. The Kier molecular flexibility index (Phi) is 3.48. The number of hydrogen-bond donors (Lipinski definition) is 0. The van der Waals surface area contributed by atoms with Crippen molar-refractivity contribution in [3.8, 4) is 0 Å². The van der Waals surface area contributed by atoms with Crippen molar-refractivity contribution in [3.63, 3.8) is 0 Å². The second kappa shape index (κ2) is 5.47. The van der Waals surface area contributed by atoms with Crippen molar-refractivity contribution in [2.24, 2.45) is 5.92 Å². The molecule has 4 rings (SSSR count). The van der Waals surface area contributed by atoms with Crippen LogP contribution in [-0.2, 0) is 4.79 Å². The van der Waals surface area contributed by atoms with Gasteiger partial charge in [0, 0.05) is 18.0 Å². The van der Waals surface area contributed by atoms with E-state index in [0.29, 0.717) is 29.8 Å². The van der Waals surface area contributed by atoms with Crippen molar-refractivity contribution < 1.29 is 4.79 Å². The van der Waals surface area contributed by atoms with Crippen LogP contribution in [0, 0.1) is 5.92 Å². The topological polar surface area (TPSA) is 20.3 Å². The maximum absolute atomic E-state index is 12.8. The molecule has 2 heteroatoms. The van der Waals surface area contributed by atoms with Crippen molar-refractivity contribution >= 4 is 5.91 Å². The molecule has 0 spiro atoms. The van der Waals surface area contributed by atoms with E-state index in [4.69, 9.17) is 0 Å². The molecule has 3 aliphatic rings. The van der Waals surface area contributed by atoms with E-state index in [1.54, 1.807) is 0 Å². The van der Waals surface area contributed by atoms with Gasteiger partial charge in [-0.1, -0.05) is 30.3 Å². The average Bonchev–Trinajstić information content (AvgIpc) is 3.15. The third-order valence-electron chi connectivity index (χ3n) is 6.05. The van der Waals surface area contributed by atoms with E-state index < -0.39 is 0 Å². The van der Waals surface area contributed by atoms with Crippen LogP contribution in [0.4, 0.5) is 0 Å². The molecule has 1 amide bonds. The van der Waals surface area contributed by atoms with Gasteiger partial charge in [0.05, 0.1) is 0 Å². The highest BCUT2D eigenvalue weighted by atomic mass is 16.2. The van der Waals surface area contributed by atoms with Crippen LogP contribution in [0.25, 0.3) is 0 Å². The second-order valence-electron chi connectivity index (χ2n) is 7.17. The first-order valence-corrected chi connectivity index (χ1v) is 8.70. The zero-order valence-electron chi connectivity index (χ0n) is 12.7. The van der Waals surface area contributed by atoms with E-state index in [1.807, 2.05) is 0 Å². The molecule has 2 nitrogen and oxygen atoms in total. The van der Waals surface area contributed by atoms with E-state index in [-0.39, 0.29) is 0 Å². The van der Waals surface area contributed by atoms with Crippen molar-refractivity contribution in [1.29, 1.82) is 0 Å². The molecule has 3 fully saturated rings. The summed E-state index contributed by atoms with van der Waals surface area (Å²) < 4.78 is 0. The van der Waals surface area contributed by atoms with Crippen molar-refractivity contribution in [2.75, 3.05) is 0 Å². The lowest BCUT2D eigenvalue weighted by Gasteiger charge is -2.32. The van der Waals surface area contributed by atoms with Crippen LogP contribution >= 0.6 is 0 Å². The minimum atomic E-state index is 0.311. The van der Waals surface area contributed by atoms with Crippen LogP contribution in [0.3, 0.4) is 0 Å².